The topological polar surface area (TPSA) is 71.8 Å². The van der Waals surface area contributed by atoms with Crippen molar-refractivity contribution in [3.63, 3.8) is 0 Å². The number of rotatable bonds is 7. The summed E-state index contributed by atoms with van der Waals surface area (Å²) in [6.07, 6.45) is 4.51. The number of nitrogens with one attached hydrogen (secondary N) is 1. The molecule has 0 atom stereocenters. The van der Waals surface area contributed by atoms with Crippen LogP contribution in [0.3, 0.4) is 0 Å². The summed E-state index contributed by atoms with van der Waals surface area (Å²) < 4.78 is 8.03. The molecule has 1 fully saturated rings. The molecule has 2 aromatic carbocycles. The van der Waals surface area contributed by atoms with Crippen LogP contribution >= 0.6 is 0 Å². The second-order valence-electron chi connectivity index (χ2n) is 8.31. The van der Waals surface area contributed by atoms with Gasteiger partial charge in [0.1, 0.15) is 11.6 Å². The number of piperidine rings is 1. The van der Waals surface area contributed by atoms with Crippen molar-refractivity contribution in [2.75, 3.05) is 25.0 Å². The van der Waals surface area contributed by atoms with Gasteiger partial charge in [0, 0.05) is 25.1 Å². The molecule has 2 aromatic heterocycles. The molecule has 168 valence electrons. The molecule has 7 heteroatoms. The van der Waals surface area contributed by atoms with E-state index in [0.717, 1.165) is 49.7 Å². The monoisotopic (exact) mass is 441 g/mol. The molecule has 0 spiro atoms. The van der Waals surface area contributed by atoms with E-state index in [4.69, 9.17) is 4.74 Å². The second kappa shape index (κ2) is 9.83. The van der Waals surface area contributed by atoms with Crippen LogP contribution in [0.25, 0.3) is 5.65 Å². The zero-order chi connectivity index (χ0) is 22.5. The summed E-state index contributed by atoms with van der Waals surface area (Å²) in [5, 5.41) is 11.7. The number of hydrogen-bond donors (Lipinski definition) is 1. The van der Waals surface area contributed by atoms with E-state index >= 15 is 0 Å². The average Bonchev–Trinajstić information content (AvgIpc) is 3.29. The van der Waals surface area contributed by atoms with Crippen molar-refractivity contribution < 1.29 is 9.53 Å². The maximum absolute atomic E-state index is 12.6. The first-order valence-electron chi connectivity index (χ1n) is 11.4. The van der Waals surface area contributed by atoms with Crippen molar-refractivity contribution in [3.05, 3.63) is 84.8 Å². The van der Waals surface area contributed by atoms with E-state index in [2.05, 4.69) is 24.8 Å². The molecule has 5 rings (SSSR count). The zero-order valence-corrected chi connectivity index (χ0v) is 18.4. The molecule has 0 aliphatic carbocycles. The van der Waals surface area contributed by atoms with E-state index in [1.54, 1.807) is 0 Å². The van der Waals surface area contributed by atoms with Gasteiger partial charge in [-0.3, -0.25) is 9.20 Å². The highest BCUT2D eigenvalue weighted by molar-refractivity contribution is 5.92. The summed E-state index contributed by atoms with van der Waals surface area (Å²) in [5.74, 6) is 2.80. The number of pyridine rings is 1. The summed E-state index contributed by atoms with van der Waals surface area (Å²) in [4.78, 5) is 15.0. The Morgan fingerprint density at radius 3 is 2.55 bits per heavy atom. The molecule has 1 amide bonds. The van der Waals surface area contributed by atoms with Crippen molar-refractivity contribution in [3.8, 4) is 11.5 Å². The van der Waals surface area contributed by atoms with E-state index in [9.17, 15) is 4.79 Å². The van der Waals surface area contributed by atoms with Gasteiger partial charge in [0.25, 0.3) is 0 Å². The van der Waals surface area contributed by atoms with Crippen LogP contribution in [0.5, 0.6) is 11.5 Å². The fraction of sp³-hybridized carbons (Fsp3) is 0.269. The third kappa shape index (κ3) is 5.04. The van der Waals surface area contributed by atoms with Crippen LogP contribution in [0.15, 0.2) is 79.0 Å². The van der Waals surface area contributed by atoms with Crippen LogP contribution in [0.2, 0.25) is 0 Å². The predicted molar refractivity (Wildman–Crippen MR) is 128 cm³/mol. The van der Waals surface area contributed by atoms with Crippen LogP contribution in [-0.4, -0.2) is 45.0 Å². The minimum Gasteiger partial charge on any atom is -0.455 e. The lowest BCUT2D eigenvalue weighted by atomic mass is 9.96. The molecule has 0 saturated carbocycles. The van der Waals surface area contributed by atoms with Gasteiger partial charge < -0.3 is 15.0 Å². The Bertz CT molecular complexity index is 1220. The van der Waals surface area contributed by atoms with E-state index in [-0.39, 0.29) is 5.91 Å². The van der Waals surface area contributed by atoms with Gasteiger partial charge in [0.2, 0.25) is 5.91 Å². The molecule has 4 aromatic rings. The molecule has 1 aliphatic rings. The molecule has 3 heterocycles. The highest BCUT2D eigenvalue weighted by Crippen LogP contribution is 2.30. The van der Waals surface area contributed by atoms with Crippen molar-refractivity contribution >= 4 is 17.2 Å². The Hall–Kier alpha value is -3.71. The van der Waals surface area contributed by atoms with Crippen LogP contribution in [-0.2, 0) is 4.79 Å². The number of ether oxygens (including phenoxy) is 1. The van der Waals surface area contributed by atoms with Gasteiger partial charge in [-0.2, -0.15) is 0 Å². The Morgan fingerprint density at radius 1 is 0.939 bits per heavy atom. The van der Waals surface area contributed by atoms with Crippen molar-refractivity contribution in [1.29, 1.82) is 0 Å². The van der Waals surface area contributed by atoms with Gasteiger partial charge in [-0.1, -0.05) is 36.4 Å². The van der Waals surface area contributed by atoms with Crippen LogP contribution in [0.1, 0.15) is 31.0 Å². The van der Waals surface area contributed by atoms with Crippen molar-refractivity contribution in [2.45, 2.75) is 25.2 Å². The van der Waals surface area contributed by atoms with Gasteiger partial charge in [-0.15, -0.1) is 10.2 Å². The quantitative estimate of drug-likeness (QED) is 0.449. The number of fused-ring (bicyclic) bond motifs is 1. The largest absolute Gasteiger partial charge is 0.455 e. The second-order valence-corrected chi connectivity index (χ2v) is 8.31. The standard InChI is InChI=1S/C26H27N5O2/c32-25(27-22-10-4-5-11-23(22)33-21-8-2-1-3-9-21)15-19-30-17-13-20(14-18-30)26-29-28-24-12-6-7-16-31(24)26/h1-12,16,20H,13-15,17-19H2,(H,27,32). The lowest BCUT2D eigenvalue weighted by molar-refractivity contribution is -0.116. The Morgan fingerprint density at radius 2 is 1.70 bits per heavy atom. The first kappa shape index (κ1) is 21.2. The van der Waals surface area contributed by atoms with Crippen LogP contribution < -0.4 is 10.1 Å². The van der Waals surface area contributed by atoms with Crippen molar-refractivity contribution in [2.24, 2.45) is 0 Å². The van der Waals surface area contributed by atoms with E-state index in [0.29, 0.717) is 23.8 Å². The van der Waals surface area contributed by atoms with Gasteiger partial charge in [-0.05, 0) is 62.3 Å². The van der Waals surface area contributed by atoms with Crippen molar-refractivity contribution in [1.82, 2.24) is 19.5 Å². The molecule has 7 nitrogen and oxygen atoms in total. The summed E-state index contributed by atoms with van der Waals surface area (Å²) in [5.41, 5.74) is 1.58. The number of nitrogens with zero attached hydrogens (tertiary/aromatic N) is 4. The van der Waals surface area contributed by atoms with Crippen LogP contribution in [0, 0.1) is 0 Å². The van der Waals surface area contributed by atoms with Gasteiger partial charge in [-0.25, -0.2) is 0 Å². The number of carbonyl (C=O) groups is 1. The normalized spacial score (nSPS) is 14.9. The molecule has 1 N–H and O–H groups in total. The van der Waals surface area contributed by atoms with Crippen LogP contribution in [0.4, 0.5) is 5.69 Å². The Kier molecular flexibility index (Phi) is 6.30. The van der Waals surface area contributed by atoms with E-state index < -0.39 is 0 Å². The summed E-state index contributed by atoms with van der Waals surface area (Å²) >= 11 is 0. The maximum Gasteiger partial charge on any atom is 0.225 e. The molecule has 0 unspecified atom stereocenters. The molecule has 1 saturated heterocycles. The molecule has 0 radical (unpaired) electrons. The van der Waals surface area contributed by atoms with Gasteiger partial charge in [0.05, 0.1) is 5.69 Å². The fourth-order valence-corrected chi connectivity index (χ4v) is 4.30. The number of para-hydroxylation sites is 3. The molecular formula is C26H27N5O2. The number of aromatic nitrogens is 3. The first-order valence-corrected chi connectivity index (χ1v) is 11.4. The molecule has 0 bridgehead atoms. The molecule has 1 aliphatic heterocycles. The van der Waals surface area contributed by atoms with E-state index in [1.165, 1.54) is 0 Å². The first-order chi connectivity index (χ1) is 16.3. The zero-order valence-electron chi connectivity index (χ0n) is 18.4. The lowest BCUT2D eigenvalue weighted by Crippen LogP contribution is -2.35. The number of anilines is 1. The third-order valence-corrected chi connectivity index (χ3v) is 6.08. The smallest absolute Gasteiger partial charge is 0.225 e. The minimum absolute atomic E-state index is 0.00955. The molecule has 33 heavy (non-hydrogen) atoms. The number of likely N-dealkylation sites (tertiary alicyclic amines) is 1. The third-order valence-electron chi connectivity index (χ3n) is 6.08. The number of amides is 1. The molecular weight excluding hydrogens is 414 g/mol. The SMILES string of the molecule is O=C(CCN1CCC(c2nnc3ccccn23)CC1)Nc1ccccc1Oc1ccccc1. The summed E-state index contributed by atoms with van der Waals surface area (Å²) in [6, 6.07) is 23.1. The number of carbonyl (C=O) groups excluding carboxylic acids is 1. The van der Waals surface area contributed by atoms with Gasteiger partial charge >= 0.3 is 0 Å². The summed E-state index contributed by atoms with van der Waals surface area (Å²) in [6.45, 7) is 2.64. The number of benzene rings is 2. The fourth-order valence-electron chi connectivity index (χ4n) is 4.30. The number of hydrogen-bond acceptors (Lipinski definition) is 5. The van der Waals surface area contributed by atoms with E-state index in [1.807, 2.05) is 79.0 Å². The average molecular weight is 442 g/mol. The Labute approximate surface area is 193 Å². The minimum atomic E-state index is -0.00955. The van der Waals surface area contributed by atoms with Gasteiger partial charge in [0.15, 0.2) is 11.4 Å². The highest BCUT2D eigenvalue weighted by Gasteiger charge is 2.24. The lowest BCUT2D eigenvalue weighted by Gasteiger charge is -2.31. The summed E-state index contributed by atoms with van der Waals surface area (Å²) in [7, 11) is 0. The Balaban J connectivity index is 1.12. The predicted octanol–water partition coefficient (Wildman–Crippen LogP) is 4.73. The highest BCUT2D eigenvalue weighted by atomic mass is 16.5. The maximum atomic E-state index is 12.6.